The minimum absolute atomic E-state index is 0.0159. The molecule has 0 unspecified atom stereocenters. The Hall–Kier alpha value is -0.900. The summed E-state index contributed by atoms with van der Waals surface area (Å²) in [7, 11) is 0. The van der Waals surface area contributed by atoms with Gasteiger partial charge in [0.25, 0.3) is 0 Å². The number of ketones is 1. The first kappa shape index (κ1) is 15.1. The standard InChI is InChI=1S/C12H22O4/c1-9(13)12(5,6)15-8-7-11(3,4)16-10(2)14/h7-8H2,1-6H3. The highest BCUT2D eigenvalue weighted by molar-refractivity contribution is 5.83. The summed E-state index contributed by atoms with van der Waals surface area (Å²) >= 11 is 0. The van der Waals surface area contributed by atoms with Crippen molar-refractivity contribution in [2.45, 2.75) is 59.2 Å². The fraction of sp³-hybridized carbons (Fsp3) is 0.833. The van der Waals surface area contributed by atoms with Gasteiger partial charge >= 0.3 is 5.97 Å². The number of Topliss-reactive ketones (excluding diaryl/α,β-unsaturated/α-hetero) is 1. The van der Waals surface area contributed by atoms with Crippen molar-refractivity contribution in [3.63, 3.8) is 0 Å². The van der Waals surface area contributed by atoms with Crippen molar-refractivity contribution in [2.24, 2.45) is 0 Å². The van der Waals surface area contributed by atoms with Crippen LogP contribution in [0.3, 0.4) is 0 Å². The Morgan fingerprint density at radius 2 is 1.56 bits per heavy atom. The smallest absolute Gasteiger partial charge is 0.303 e. The third kappa shape index (κ3) is 5.85. The molecule has 0 aromatic carbocycles. The Bertz CT molecular complexity index is 266. The maximum atomic E-state index is 11.2. The molecule has 0 aromatic rings. The molecule has 0 saturated heterocycles. The van der Waals surface area contributed by atoms with Crippen molar-refractivity contribution in [1.29, 1.82) is 0 Å². The number of rotatable bonds is 6. The molecule has 16 heavy (non-hydrogen) atoms. The van der Waals surface area contributed by atoms with Crippen LogP contribution in [0.5, 0.6) is 0 Å². The van der Waals surface area contributed by atoms with Crippen LogP contribution in [-0.4, -0.2) is 29.6 Å². The van der Waals surface area contributed by atoms with Gasteiger partial charge in [-0.1, -0.05) is 0 Å². The normalized spacial score (nSPS) is 12.4. The van der Waals surface area contributed by atoms with Crippen LogP contribution >= 0.6 is 0 Å². The highest BCUT2D eigenvalue weighted by atomic mass is 16.6. The molecule has 4 nitrogen and oxygen atoms in total. The van der Waals surface area contributed by atoms with E-state index in [4.69, 9.17) is 9.47 Å². The van der Waals surface area contributed by atoms with Crippen LogP contribution in [0.1, 0.15) is 48.0 Å². The zero-order valence-electron chi connectivity index (χ0n) is 11.0. The first-order valence-corrected chi connectivity index (χ1v) is 5.41. The molecule has 0 heterocycles. The van der Waals surface area contributed by atoms with Gasteiger partial charge in [-0.3, -0.25) is 9.59 Å². The quantitative estimate of drug-likeness (QED) is 0.656. The first-order chi connectivity index (χ1) is 7.07. The van der Waals surface area contributed by atoms with E-state index in [0.29, 0.717) is 13.0 Å². The van der Waals surface area contributed by atoms with Gasteiger partial charge in [0.05, 0.1) is 6.61 Å². The summed E-state index contributed by atoms with van der Waals surface area (Å²) in [5.74, 6) is -0.325. The van der Waals surface area contributed by atoms with Crippen LogP contribution in [0.2, 0.25) is 0 Å². The molecular weight excluding hydrogens is 208 g/mol. The van der Waals surface area contributed by atoms with E-state index in [9.17, 15) is 9.59 Å². The highest BCUT2D eigenvalue weighted by Crippen LogP contribution is 2.17. The summed E-state index contributed by atoms with van der Waals surface area (Å²) < 4.78 is 10.6. The lowest BCUT2D eigenvalue weighted by molar-refractivity contribution is -0.158. The first-order valence-electron chi connectivity index (χ1n) is 5.41. The van der Waals surface area contributed by atoms with Gasteiger partial charge in [0.2, 0.25) is 0 Å². The maximum absolute atomic E-state index is 11.2. The summed E-state index contributed by atoms with van der Waals surface area (Å²) in [6, 6.07) is 0. The average Bonchev–Trinajstić information content (AvgIpc) is 1.99. The molecule has 0 spiro atoms. The predicted octanol–water partition coefficient (Wildman–Crippen LogP) is 2.10. The molecule has 0 aliphatic rings. The van der Waals surface area contributed by atoms with E-state index >= 15 is 0 Å². The number of ether oxygens (including phenoxy) is 2. The second-order valence-electron chi connectivity index (χ2n) is 5.02. The molecule has 0 aromatic heterocycles. The molecule has 0 atom stereocenters. The third-order valence-electron chi connectivity index (χ3n) is 2.43. The van der Waals surface area contributed by atoms with Crippen molar-refractivity contribution < 1.29 is 19.1 Å². The second-order valence-corrected chi connectivity index (χ2v) is 5.02. The van der Waals surface area contributed by atoms with Crippen LogP contribution in [0.15, 0.2) is 0 Å². The van der Waals surface area contributed by atoms with E-state index in [1.54, 1.807) is 13.8 Å². The molecular formula is C12H22O4. The number of hydrogen-bond donors (Lipinski definition) is 0. The Labute approximate surface area is 97.3 Å². The zero-order chi connectivity index (χ0) is 13.0. The van der Waals surface area contributed by atoms with Crippen LogP contribution in [0, 0.1) is 0 Å². The largest absolute Gasteiger partial charge is 0.460 e. The average molecular weight is 230 g/mol. The molecule has 0 fully saturated rings. The summed E-state index contributed by atoms with van der Waals surface area (Å²) in [5, 5.41) is 0. The van der Waals surface area contributed by atoms with E-state index < -0.39 is 11.2 Å². The molecule has 4 heteroatoms. The second kappa shape index (κ2) is 5.43. The molecule has 0 aliphatic carbocycles. The van der Waals surface area contributed by atoms with Crippen molar-refractivity contribution in [3.05, 3.63) is 0 Å². The van der Waals surface area contributed by atoms with Gasteiger partial charge in [-0.05, 0) is 34.6 Å². The van der Waals surface area contributed by atoms with Crippen LogP contribution in [-0.2, 0) is 19.1 Å². The topological polar surface area (TPSA) is 52.6 Å². The lowest BCUT2D eigenvalue weighted by atomic mass is 10.0. The molecule has 0 bridgehead atoms. The van der Waals surface area contributed by atoms with E-state index in [1.807, 2.05) is 13.8 Å². The third-order valence-corrected chi connectivity index (χ3v) is 2.43. The van der Waals surface area contributed by atoms with Crippen LogP contribution in [0.25, 0.3) is 0 Å². The Kier molecular flexibility index (Phi) is 5.13. The molecule has 0 rings (SSSR count). The Morgan fingerprint density at radius 1 is 1.06 bits per heavy atom. The Morgan fingerprint density at radius 3 is 1.94 bits per heavy atom. The van der Waals surface area contributed by atoms with E-state index in [1.165, 1.54) is 13.8 Å². The maximum Gasteiger partial charge on any atom is 0.303 e. The number of carbonyl (C=O) groups excluding carboxylic acids is 2. The van der Waals surface area contributed by atoms with Crippen molar-refractivity contribution in [3.8, 4) is 0 Å². The fourth-order valence-corrected chi connectivity index (χ4v) is 1.09. The molecule has 0 radical (unpaired) electrons. The van der Waals surface area contributed by atoms with Gasteiger partial charge in [-0.2, -0.15) is 0 Å². The van der Waals surface area contributed by atoms with Gasteiger partial charge in [0, 0.05) is 13.3 Å². The number of hydrogen-bond acceptors (Lipinski definition) is 4. The van der Waals surface area contributed by atoms with Crippen LogP contribution in [0.4, 0.5) is 0 Å². The van der Waals surface area contributed by atoms with Crippen molar-refractivity contribution in [2.75, 3.05) is 6.61 Å². The van der Waals surface area contributed by atoms with Crippen molar-refractivity contribution >= 4 is 11.8 Å². The SMILES string of the molecule is CC(=O)OC(C)(C)CCOC(C)(C)C(C)=O. The highest BCUT2D eigenvalue weighted by Gasteiger charge is 2.27. The van der Waals surface area contributed by atoms with Gasteiger partial charge in [-0.15, -0.1) is 0 Å². The monoisotopic (exact) mass is 230 g/mol. The molecule has 0 amide bonds. The molecule has 0 saturated carbocycles. The molecule has 94 valence electrons. The minimum atomic E-state index is -0.772. The summed E-state index contributed by atoms with van der Waals surface area (Å²) in [6.07, 6.45) is 0.559. The Balaban J connectivity index is 4.07. The van der Waals surface area contributed by atoms with E-state index in [2.05, 4.69) is 0 Å². The van der Waals surface area contributed by atoms with E-state index in [-0.39, 0.29) is 11.8 Å². The molecule has 0 N–H and O–H groups in total. The number of carbonyl (C=O) groups is 2. The van der Waals surface area contributed by atoms with Crippen molar-refractivity contribution in [1.82, 2.24) is 0 Å². The predicted molar refractivity (Wildman–Crippen MR) is 61.2 cm³/mol. The van der Waals surface area contributed by atoms with Gasteiger partial charge in [0.15, 0.2) is 5.78 Å². The molecule has 0 aliphatic heterocycles. The summed E-state index contributed by atoms with van der Waals surface area (Å²) in [4.78, 5) is 22.0. The lowest BCUT2D eigenvalue weighted by Gasteiger charge is -2.27. The fourth-order valence-electron chi connectivity index (χ4n) is 1.09. The number of esters is 1. The van der Waals surface area contributed by atoms with Gasteiger partial charge in [-0.25, -0.2) is 0 Å². The lowest BCUT2D eigenvalue weighted by Crippen LogP contribution is -2.36. The zero-order valence-corrected chi connectivity index (χ0v) is 11.0. The summed E-state index contributed by atoms with van der Waals surface area (Å²) in [6.45, 7) is 10.4. The van der Waals surface area contributed by atoms with Gasteiger partial charge < -0.3 is 9.47 Å². The van der Waals surface area contributed by atoms with E-state index in [0.717, 1.165) is 0 Å². The van der Waals surface area contributed by atoms with Gasteiger partial charge in [0.1, 0.15) is 11.2 Å². The minimum Gasteiger partial charge on any atom is -0.460 e. The summed E-state index contributed by atoms with van der Waals surface area (Å²) in [5.41, 5.74) is -1.33. The van der Waals surface area contributed by atoms with Crippen LogP contribution < -0.4 is 0 Å².